The smallest absolute Gasteiger partial charge is 0.332 e. The van der Waals surface area contributed by atoms with Crippen molar-refractivity contribution in [1.29, 1.82) is 0 Å². The minimum atomic E-state index is -1.23. The first-order valence-corrected chi connectivity index (χ1v) is 11.9. The molecule has 0 spiro atoms. The molecule has 2 unspecified atom stereocenters. The number of aromatic nitrogens is 1. The van der Waals surface area contributed by atoms with Gasteiger partial charge in [-0.05, 0) is 43.7 Å². The Hall–Kier alpha value is -4.39. The monoisotopic (exact) mass is 479 g/mol. The van der Waals surface area contributed by atoms with Crippen molar-refractivity contribution in [3.05, 3.63) is 95.2 Å². The van der Waals surface area contributed by atoms with Gasteiger partial charge in [0.2, 0.25) is 0 Å². The first kappa shape index (κ1) is 22.1. The second-order valence-corrected chi connectivity index (χ2v) is 9.47. The maximum atomic E-state index is 14.1. The summed E-state index contributed by atoms with van der Waals surface area (Å²) >= 11 is 0. The second kappa shape index (κ2) is 7.81. The van der Waals surface area contributed by atoms with Crippen LogP contribution in [-0.2, 0) is 10.3 Å². The number of urea groups is 1. The highest BCUT2D eigenvalue weighted by molar-refractivity contribution is 6.24. The summed E-state index contributed by atoms with van der Waals surface area (Å²) in [5, 5.41) is 1.02. The van der Waals surface area contributed by atoms with Gasteiger partial charge in [-0.2, -0.15) is 0 Å². The Kier molecular flexibility index (Phi) is 4.80. The van der Waals surface area contributed by atoms with E-state index in [0.717, 1.165) is 27.8 Å². The quantitative estimate of drug-likeness (QED) is 0.322. The maximum absolute atomic E-state index is 14.1. The van der Waals surface area contributed by atoms with Crippen LogP contribution < -0.4 is 9.64 Å². The van der Waals surface area contributed by atoms with Crippen LogP contribution in [0, 0.1) is 0 Å². The molecule has 1 saturated heterocycles. The van der Waals surface area contributed by atoms with Gasteiger partial charge in [-0.25, -0.2) is 9.69 Å². The molecular formula is C29H25N3O4. The number of Topliss-reactive ketones (excluding diaryl/α,β-unsaturated/α-hetero) is 1. The molecule has 180 valence electrons. The third-order valence-electron chi connectivity index (χ3n) is 7.55. The predicted octanol–water partition coefficient (Wildman–Crippen LogP) is 5.21. The van der Waals surface area contributed by atoms with Crippen molar-refractivity contribution in [3.8, 4) is 5.75 Å². The largest absolute Gasteiger partial charge is 0.496 e. The van der Waals surface area contributed by atoms with Crippen molar-refractivity contribution in [3.63, 3.8) is 0 Å². The van der Waals surface area contributed by atoms with E-state index in [1.54, 1.807) is 43.2 Å². The highest BCUT2D eigenvalue weighted by atomic mass is 16.5. The van der Waals surface area contributed by atoms with E-state index in [-0.39, 0.29) is 17.6 Å². The summed E-state index contributed by atoms with van der Waals surface area (Å²) in [6, 6.07) is 22.0. The van der Waals surface area contributed by atoms with Crippen molar-refractivity contribution < 1.29 is 19.1 Å². The number of carbonyl (C=O) groups is 3. The highest BCUT2D eigenvalue weighted by Crippen LogP contribution is 2.51. The standard InChI is InChI=1S/C29H25N3O4/c1-17(33)18-9-8-10-19(15-18)32-27(34)29(2)26-25(21-12-4-6-13-23(21)30-26)22(16-31(29)28(32)35)20-11-5-7-14-24(20)36-3/h4-15,22,30H,16H2,1-3H3. The summed E-state index contributed by atoms with van der Waals surface area (Å²) in [7, 11) is 1.64. The molecule has 7 heteroatoms. The number of carbonyl (C=O) groups excluding carboxylic acids is 3. The Morgan fingerprint density at radius 2 is 1.78 bits per heavy atom. The van der Waals surface area contributed by atoms with Crippen LogP contribution in [0.4, 0.5) is 10.5 Å². The number of rotatable bonds is 4. The highest BCUT2D eigenvalue weighted by Gasteiger charge is 2.60. The van der Waals surface area contributed by atoms with Crippen LogP contribution in [0.2, 0.25) is 0 Å². The number of methoxy groups -OCH3 is 1. The number of fused-ring (bicyclic) bond motifs is 5. The Morgan fingerprint density at radius 3 is 2.56 bits per heavy atom. The number of H-pyrrole nitrogens is 1. The van der Waals surface area contributed by atoms with E-state index in [4.69, 9.17) is 4.74 Å². The van der Waals surface area contributed by atoms with Gasteiger partial charge >= 0.3 is 6.03 Å². The molecule has 6 rings (SSSR count). The fourth-order valence-electron chi connectivity index (χ4n) is 5.72. The fourth-order valence-corrected chi connectivity index (χ4v) is 5.72. The molecule has 2 aliphatic rings. The molecular weight excluding hydrogens is 454 g/mol. The molecule has 3 heterocycles. The number of amides is 3. The third kappa shape index (κ3) is 2.89. The zero-order chi connectivity index (χ0) is 25.2. The average Bonchev–Trinajstić information content (AvgIpc) is 3.38. The molecule has 3 aromatic carbocycles. The van der Waals surface area contributed by atoms with Crippen molar-refractivity contribution in [1.82, 2.24) is 9.88 Å². The molecule has 1 N–H and O–H groups in total. The minimum Gasteiger partial charge on any atom is -0.496 e. The molecule has 36 heavy (non-hydrogen) atoms. The normalized spacial score (nSPS) is 21.0. The maximum Gasteiger partial charge on any atom is 0.332 e. The van der Waals surface area contributed by atoms with Gasteiger partial charge in [-0.1, -0.05) is 48.5 Å². The minimum absolute atomic E-state index is 0.131. The number of anilines is 1. The summed E-state index contributed by atoms with van der Waals surface area (Å²) < 4.78 is 5.69. The second-order valence-electron chi connectivity index (χ2n) is 9.47. The SMILES string of the molecule is COc1ccccc1C1CN2C(=O)N(c3cccc(C(C)=O)c3)C(=O)C2(C)c2[nH]c3ccccc3c21. The molecule has 0 radical (unpaired) electrons. The van der Waals surface area contributed by atoms with Crippen molar-refractivity contribution >= 4 is 34.3 Å². The summed E-state index contributed by atoms with van der Waals surface area (Å²) in [5.74, 6) is 0.0421. The molecule has 7 nitrogen and oxygen atoms in total. The molecule has 3 amide bonds. The van der Waals surface area contributed by atoms with E-state index in [1.165, 1.54) is 11.8 Å². The number of para-hydroxylation sites is 2. The van der Waals surface area contributed by atoms with Crippen LogP contribution in [0.3, 0.4) is 0 Å². The van der Waals surface area contributed by atoms with Gasteiger partial charge in [-0.15, -0.1) is 0 Å². The van der Waals surface area contributed by atoms with Gasteiger partial charge in [0, 0.05) is 34.5 Å². The van der Waals surface area contributed by atoms with Crippen molar-refractivity contribution in [2.45, 2.75) is 25.3 Å². The number of hydrogen-bond donors (Lipinski definition) is 1. The number of nitrogens with one attached hydrogen (secondary N) is 1. The lowest BCUT2D eigenvalue weighted by molar-refractivity contribution is -0.125. The number of ketones is 1. The van der Waals surface area contributed by atoms with Gasteiger partial charge in [0.1, 0.15) is 5.75 Å². The number of nitrogens with zero attached hydrogens (tertiary/aromatic N) is 2. The number of hydrogen-bond acceptors (Lipinski definition) is 4. The topological polar surface area (TPSA) is 82.7 Å². The first-order chi connectivity index (χ1) is 17.4. The molecule has 2 aliphatic heterocycles. The molecule has 4 aromatic rings. The average molecular weight is 480 g/mol. The fraction of sp³-hybridized carbons (Fsp3) is 0.207. The number of imide groups is 1. The van der Waals surface area contributed by atoms with E-state index in [2.05, 4.69) is 4.98 Å². The zero-order valence-corrected chi connectivity index (χ0v) is 20.2. The molecule has 0 saturated carbocycles. The Morgan fingerprint density at radius 1 is 1.03 bits per heavy atom. The van der Waals surface area contributed by atoms with Crippen LogP contribution in [0.15, 0.2) is 72.8 Å². The lowest BCUT2D eigenvalue weighted by atomic mass is 9.78. The number of ether oxygens (including phenoxy) is 1. The third-order valence-corrected chi connectivity index (χ3v) is 7.55. The van der Waals surface area contributed by atoms with Crippen molar-refractivity contribution in [2.24, 2.45) is 0 Å². The molecule has 0 bridgehead atoms. The van der Waals surface area contributed by atoms with E-state index in [1.807, 2.05) is 48.5 Å². The van der Waals surface area contributed by atoms with Crippen LogP contribution in [-0.4, -0.2) is 41.3 Å². The number of aromatic amines is 1. The summed E-state index contributed by atoms with van der Waals surface area (Å²) in [5.41, 5.74) is 3.16. The van der Waals surface area contributed by atoms with Gasteiger partial charge in [0.15, 0.2) is 11.3 Å². The Balaban J connectivity index is 1.58. The van der Waals surface area contributed by atoms with Gasteiger partial charge < -0.3 is 14.6 Å². The van der Waals surface area contributed by atoms with E-state index >= 15 is 0 Å². The summed E-state index contributed by atoms with van der Waals surface area (Å²) in [4.78, 5) is 46.3. The summed E-state index contributed by atoms with van der Waals surface area (Å²) in [6.45, 7) is 3.57. The Labute approximate surface area is 208 Å². The lowest BCUT2D eigenvalue weighted by Crippen LogP contribution is -2.50. The number of benzene rings is 3. The molecule has 1 fully saturated rings. The van der Waals surface area contributed by atoms with Crippen LogP contribution >= 0.6 is 0 Å². The van der Waals surface area contributed by atoms with Crippen LogP contribution in [0.1, 0.15) is 46.9 Å². The van der Waals surface area contributed by atoms with Gasteiger partial charge in [-0.3, -0.25) is 9.59 Å². The van der Waals surface area contributed by atoms with Crippen LogP contribution in [0.25, 0.3) is 10.9 Å². The van der Waals surface area contributed by atoms with E-state index in [0.29, 0.717) is 23.5 Å². The summed E-state index contributed by atoms with van der Waals surface area (Å²) in [6.07, 6.45) is 0. The van der Waals surface area contributed by atoms with Crippen molar-refractivity contribution in [2.75, 3.05) is 18.6 Å². The molecule has 1 aromatic heterocycles. The van der Waals surface area contributed by atoms with E-state index in [9.17, 15) is 14.4 Å². The van der Waals surface area contributed by atoms with Gasteiger partial charge in [0.05, 0.1) is 18.5 Å². The van der Waals surface area contributed by atoms with E-state index < -0.39 is 11.6 Å². The first-order valence-electron chi connectivity index (χ1n) is 11.9. The predicted molar refractivity (Wildman–Crippen MR) is 137 cm³/mol. The van der Waals surface area contributed by atoms with Crippen LogP contribution in [0.5, 0.6) is 5.75 Å². The van der Waals surface area contributed by atoms with Gasteiger partial charge in [0.25, 0.3) is 5.91 Å². The molecule has 0 aliphatic carbocycles. The Bertz CT molecular complexity index is 1570. The molecule has 2 atom stereocenters. The zero-order valence-electron chi connectivity index (χ0n) is 20.2. The lowest BCUT2D eigenvalue weighted by Gasteiger charge is -2.40.